The van der Waals surface area contributed by atoms with Crippen molar-refractivity contribution in [2.75, 3.05) is 13.6 Å². The molecule has 0 radical (unpaired) electrons. The van der Waals surface area contributed by atoms with Crippen molar-refractivity contribution in [3.8, 4) is 10.8 Å². The van der Waals surface area contributed by atoms with Gasteiger partial charge in [0.25, 0.3) is 0 Å². The Hall–Kier alpha value is -1.17. The highest BCUT2D eigenvalue weighted by Crippen LogP contribution is 2.30. The first kappa shape index (κ1) is 13.8. The molecule has 4 nitrogen and oxygen atoms in total. The molecule has 0 spiro atoms. The highest BCUT2D eigenvalue weighted by molar-refractivity contribution is 7.13. The molecular formula is C15H20N2O2S. The summed E-state index contributed by atoms with van der Waals surface area (Å²) in [6.07, 6.45) is 5.81. The summed E-state index contributed by atoms with van der Waals surface area (Å²) in [5.41, 5.74) is 0.409. The first-order valence-electron chi connectivity index (χ1n) is 7.04. The minimum atomic E-state index is -0.505. The van der Waals surface area contributed by atoms with Gasteiger partial charge in [0.15, 0.2) is 0 Å². The molecule has 1 aliphatic carbocycles. The number of hydrogen-bond acceptors (Lipinski definition) is 5. The highest BCUT2D eigenvalue weighted by Gasteiger charge is 2.32. The van der Waals surface area contributed by atoms with Crippen LogP contribution in [0.3, 0.4) is 0 Å². The van der Waals surface area contributed by atoms with Gasteiger partial charge in [-0.1, -0.05) is 18.9 Å². The maximum Gasteiger partial charge on any atom is 0.236 e. The number of rotatable bonds is 5. The molecule has 1 fully saturated rings. The van der Waals surface area contributed by atoms with Crippen LogP contribution in [0.25, 0.3) is 10.8 Å². The van der Waals surface area contributed by atoms with E-state index in [1.54, 1.807) is 17.6 Å². The number of likely N-dealkylation sites (N-methyl/N-ethyl adjacent to an activating group) is 1. The Morgan fingerprint density at radius 1 is 1.45 bits per heavy atom. The van der Waals surface area contributed by atoms with Crippen molar-refractivity contribution in [2.24, 2.45) is 0 Å². The first-order valence-corrected chi connectivity index (χ1v) is 7.92. The second-order valence-corrected chi connectivity index (χ2v) is 6.67. The molecule has 2 aromatic rings. The Morgan fingerprint density at radius 3 is 2.95 bits per heavy atom. The Kier molecular flexibility index (Phi) is 3.92. The van der Waals surface area contributed by atoms with Crippen molar-refractivity contribution in [1.29, 1.82) is 0 Å². The summed E-state index contributed by atoms with van der Waals surface area (Å²) in [6.45, 7) is 1.41. The van der Waals surface area contributed by atoms with Crippen LogP contribution in [0, 0.1) is 0 Å². The van der Waals surface area contributed by atoms with E-state index in [1.807, 2.05) is 24.6 Å². The van der Waals surface area contributed by atoms with Crippen LogP contribution in [0.2, 0.25) is 0 Å². The molecule has 1 N–H and O–H groups in total. The highest BCUT2D eigenvalue weighted by atomic mass is 32.1. The van der Waals surface area contributed by atoms with Crippen LogP contribution >= 0.6 is 11.3 Å². The monoisotopic (exact) mass is 292 g/mol. The van der Waals surface area contributed by atoms with E-state index in [4.69, 9.17) is 4.42 Å². The molecule has 0 unspecified atom stereocenters. The zero-order valence-corrected chi connectivity index (χ0v) is 12.5. The molecule has 0 aliphatic heterocycles. The minimum absolute atomic E-state index is 0.505. The Morgan fingerprint density at radius 2 is 2.25 bits per heavy atom. The number of hydrogen-bond donors (Lipinski definition) is 1. The molecule has 20 heavy (non-hydrogen) atoms. The molecule has 108 valence electrons. The molecule has 2 heterocycles. The number of aliphatic hydroxyl groups is 1. The second kappa shape index (κ2) is 5.68. The number of oxazole rings is 1. The predicted molar refractivity (Wildman–Crippen MR) is 79.6 cm³/mol. The molecule has 3 rings (SSSR count). The normalized spacial score (nSPS) is 17.9. The van der Waals surface area contributed by atoms with Crippen LogP contribution in [0.5, 0.6) is 0 Å². The molecule has 5 heteroatoms. The predicted octanol–water partition coefficient (Wildman–Crippen LogP) is 3.14. The van der Waals surface area contributed by atoms with Crippen LogP contribution in [-0.2, 0) is 6.54 Å². The molecule has 0 bridgehead atoms. The van der Waals surface area contributed by atoms with Gasteiger partial charge in [-0.2, -0.15) is 0 Å². The van der Waals surface area contributed by atoms with E-state index in [1.165, 1.54) is 0 Å². The van der Waals surface area contributed by atoms with Gasteiger partial charge >= 0.3 is 0 Å². The first-order chi connectivity index (χ1) is 9.65. The van der Waals surface area contributed by atoms with Gasteiger partial charge in [0.1, 0.15) is 6.26 Å². The molecular weight excluding hydrogens is 272 g/mol. The van der Waals surface area contributed by atoms with E-state index in [0.29, 0.717) is 19.0 Å². The van der Waals surface area contributed by atoms with Gasteiger partial charge in [0.05, 0.1) is 16.2 Å². The molecule has 0 saturated heterocycles. The van der Waals surface area contributed by atoms with E-state index in [9.17, 15) is 5.11 Å². The Labute approximate surface area is 123 Å². The smallest absolute Gasteiger partial charge is 0.236 e. The summed E-state index contributed by atoms with van der Waals surface area (Å²) in [5.74, 6) is 0.683. The summed E-state index contributed by atoms with van der Waals surface area (Å²) in [7, 11) is 2.02. The number of nitrogens with zero attached hydrogens (tertiary/aromatic N) is 2. The maximum atomic E-state index is 10.4. The number of aromatic nitrogens is 1. The van der Waals surface area contributed by atoms with Crippen molar-refractivity contribution in [1.82, 2.24) is 9.88 Å². The summed E-state index contributed by atoms with van der Waals surface area (Å²) in [4.78, 5) is 7.69. The largest absolute Gasteiger partial charge is 0.444 e. The van der Waals surface area contributed by atoms with Gasteiger partial charge in [-0.05, 0) is 31.3 Å². The van der Waals surface area contributed by atoms with Crippen molar-refractivity contribution < 1.29 is 9.52 Å². The van der Waals surface area contributed by atoms with E-state index >= 15 is 0 Å². The second-order valence-electron chi connectivity index (χ2n) is 5.73. The quantitative estimate of drug-likeness (QED) is 0.920. The van der Waals surface area contributed by atoms with Crippen LogP contribution in [0.15, 0.2) is 28.2 Å². The third-order valence-electron chi connectivity index (χ3n) is 3.81. The summed E-state index contributed by atoms with van der Waals surface area (Å²) in [5, 5.41) is 12.4. The number of thiophene rings is 1. The van der Waals surface area contributed by atoms with Crippen LogP contribution in [0.4, 0.5) is 0 Å². The molecule has 0 amide bonds. The van der Waals surface area contributed by atoms with E-state index in [2.05, 4.69) is 9.88 Å². The topological polar surface area (TPSA) is 49.5 Å². The van der Waals surface area contributed by atoms with E-state index in [0.717, 1.165) is 36.3 Å². The van der Waals surface area contributed by atoms with Gasteiger partial charge in [0.2, 0.25) is 5.89 Å². The van der Waals surface area contributed by atoms with Crippen molar-refractivity contribution in [2.45, 2.75) is 37.8 Å². The summed E-state index contributed by atoms with van der Waals surface area (Å²) in [6, 6.07) is 4.00. The minimum Gasteiger partial charge on any atom is -0.444 e. The van der Waals surface area contributed by atoms with Crippen molar-refractivity contribution >= 4 is 11.3 Å². The lowest BCUT2D eigenvalue weighted by Crippen LogP contribution is -2.38. The van der Waals surface area contributed by atoms with Gasteiger partial charge in [0, 0.05) is 13.1 Å². The lowest BCUT2D eigenvalue weighted by molar-refractivity contribution is 0.0142. The maximum absolute atomic E-state index is 10.4. The Bertz CT molecular complexity index is 544. The zero-order chi connectivity index (χ0) is 14.0. The Balaban J connectivity index is 1.60. The van der Waals surface area contributed by atoms with Crippen LogP contribution < -0.4 is 0 Å². The summed E-state index contributed by atoms with van der Waals surface area (Å²) < 4.78 is 5.52. The zero-order valence-electron chi connectivity index (χ0n) is 11.7. The average Bonchev–Trinajstić information content (AvgIpc) is 3.08. The van der Waals surface area contributed by atoms with Gasteiger partial charge in [-0.3, -0.25) is 4.90 Å². The van der Waals surface area contributed by atoms with E-state index in [-0.39, 0.29) is 0 Å². The fourth-order valence-electron chi connectivity index (χ4n) is 2.92. The van der Waals surface area contributed by atoms with Crippen molar-refractivity contribution in [3.05, 3.63) is 29.5 Å². The third-order valence-corrected chi connectivity index (χ3v) is 4.67. The molecule has 1 saturated carbocycles. The van der Waals surface area contributed by atoms with Gasteiger partial charge in [-0.25, -0.2) is 4.98 Å². The fourth-order valence-corrected chi connectivity index (χ4v) is 3.57. The van der Waals surface area contributed by atoms with Crippen molar-refractivity contribution in [3.63, 3.8) is 0 Å². The average molecular weight is 292 g/mol. The molecule has 0 atom stereocenters. The lowest BCUT2D eigenvalue weighted by Gasteiger charge is -2.27. The fraction of sp³-hybridized carbons (Fsp3) is 0.533. The summed E-state index contributed by atoms with van der Waals surface area (Å²) >= 11 is 1.62. The molecule has 0 aromatic carbocycles. The molecule has 1 aliphatic rings. The van der Waals surface area contributed by atoms with Crippen LogP contribution in [0.1, 0.15) is 31.4 Å². The lowest BCUT2D eigenvalue weighted by atomic mass is 10.0. The SMILES string of the molecule is CN(Cc1coc(-c2cccs2)n1)CC1(O)CCCC1. The van der Waals surface area contributed by atoms with Crippen LogP contribution in [-0.4, -0.2) is 34.2 Å². The molecule has 2 aromatic heterocycles. The van der Waals surface area contributed by atoms with E-state index < -0.39 is 5.60 Å². The van der Waals surface area contributed by atoms with Gasteiger partial charge < -0.3 is 9.52 Å². The van der Waals surface area contributed by atoms with Gasteiger partial charge in [-0.15, -0.1) is 11.3 Å². The third kappa shape index (κ3) is 3.11. The standard InChI is InChI=1S/C15H20N2O2S/c1-17(11-15(18)6-2-3-7-15)9-12-10-19-14(16-12)13-5-4-8-20-13/h4-5,8,10,18H,2-3,6-7,9,11H2,1H3.